The second-order valence-electron chi connectivity index (χ2n) is 6.89. The lowest BCUT2D eigenvalue weighted by Crippen LogP contribution is -2.22. The third-order valence-electron chi connectivity index (χ3n) is 4.94. The van der Waals surface area contributed by atoms with E-state index in [1.807, 2.05) is 0 Å². The van der Waals surface area contributed by atoms with Crippen molar-refractivity contribution in [1.82, 2.24) is 0 Å². The summed E-state index contributed by atoms with van der Waals surface area (Å²) in [5.74, 6) is -1.13. The number of hydrogen-bond donors (Lipinski definition) is 0. The number of benzene rings is 1. The average Bonchev–Trinajstić information content (AvgIpc) is 2.63. The van der Waals surface area contributed by atoms with E-state index >= 15 is 0 Å². The highest BCUT2D eigenvalue weighted by Crippen LogP contribution is 2.31. The van der Waals surface area contributed by atoms with E-state index in [1.165, 1.54) is 56.9 Å². The van der Waals surface area contributed by atoms with Gasteiger partial charge >= 0.3 is 0 Å². The molecule has 0 bridgehead atoms. The predicted molar refractivity (Wildman–Crippen MR) is 96.5 cm³/mol. The molecule has 1 aliphatic carbocycles. The van der Waals surface area contributed by atoms with Crippen LogP contribution in [0.2, 0.25) is 0 Å². The molecule has 0 aromatic heterocycles. The van der Waals surface area contributed by atoms with Gasteiger partial charge in [0, 0.05) is 5.56 Å². The van der Waals surface area contributed by atoms with Crippen LogP contribution in [0.5, 0.6) is 5.75 Å². The fourth-order valence-corrected chi connectivity index (χ4v) is 3.39. The van der Waals surface area contributed by atoms with Gasteiger partial charge in [-0.25, -0.2) is 4.39 Å². The topological polar surface area (TPSA) is 18.5 Å². The van der Waals surface area contributed by atoms with Crippen molar-refractivity contribution >= 4 is 0 Å². The molecular weight excluding hydrogens is 322 g/mol. The van der Waals surface area contributed by atoms with Crippen LogP contribution in [0.25, 0.3) is 0 Å². The highest BCUT2D eigenvalue weighted by Gasteiger charge is 2.22. The lowest BCUT2D eigenvalue weighted by molar-refractivity contribution is 0.00478. The lowest BCUT2D eigenvalue weighted by Gasteiger charge is -2.28. The summed E-state index contributed by atoms with van der Waals surface area (Å²) in [7, 11) is 0. The van der Waals surface area contributed by atoms with Gasteiger partial charge in [0.05, 0.1) is 19.0 Å². The fraction of sp³-hybridized carbons (Fsp3) is 0.619. The normalized spacial score (nSPS) is 21.0. The van der Waals surface area contributed by atoms with Crippen LogP contribution in [0.4, 0.5) is 8.78 Å². The number of ether oxygens (including phenoxy) is 2. The standard InChI is InChI=1S/C21H30F2O2/c1-3-5-6-7-16-8-11-18(12-9-16)25-15-17-10-13-19(24-14-4-2)21(23)20(17)22/h4,10,13-14,16,18H,3,5-9,11-12,15H2,1-2H3/b14-4+. The van der Waals surface area contributed by atoms with Crippen molar-refractivity contribution in [2.45, 2.75) is 77.9 Å². The number of rotatable bonds is 9. The summed E-state index contributed by atoms with van der Waals surface area (Å²) in [6, 6.07) is 2.98. The molecule has 0 atom stereocenters. The maximum Gasteiger partial charge on any atom is 0.201 e. The molecule has 0 amide bonds. The van der Waals surface area contributed by atoms with Crippen LogP contribution in [-0.2, 0) is 11.3 Å². The Labute approximate surface area is 150 Å². The molecule has 0 aliphatic heterocycles. The molecule has 1 fully saturated rings. The summed E-state index contributed by atoms with van der Waals surface area (Å²) in [4.78, 5) is 0. The van der Waals surface area contributed by atoms with Gasteiger partial charge in [0.15, 0.2) is 11.6 Å². The number of unbranched alkanes of at least 4 members (excludes halogenated alkanes) is 2. The maximum absolute atomic E-state index is 14.1. The van der Waals surface area contributed by atoms with Gasteiger partial charge in [-0.05, 0) is 50.7 Å². The third kappa shape index (κ3) is 6.10. The van der Waals surface area contributed by atoms with Gasteiger partial charge in [0.1, 0.15) is 0 Å². The van der Waals surface area contributed by atoms with E-state index in [-0.39, 0.29) is 24.0 Å². The molecule has 140 valence electrons. The van der Waals surface area contributed by atoms with E-state index < -0.39 is 11.6 Å². The van der Waals surface area contributed by atoms with E-state index in [4.69, 9.17) is 9.47 Å². The van der Waals surface area contributed by atoms with Gasteiger partial charge in [-0.3, -0.25) is 0 Å². The lowest BCUT2D eigenvalue weighted by atomic mass is 9.84. The zero-order chi connectivity index (χ0) is 18.1. The summed E-state index contributed by atoms with van der Waals surface area (Å²) in [5, 5.41) is 0. The van der Waals surface area contributed by atoms with Crippen molar-refractivity contribution in [2.75, 3.05) is 0 Å². The Hall–Kier alpha value is -1.42. The Morgan fingerprint density at radius 1 is 1.08 bits per heavy atom. The molecule has 1 aliphatic rings. The quantitative estimate of drug-likeness (QED) is 0.371. The van der Waals surface area contributed by atoms with Gasteiger partial charge in [0.2, 0.25) is 5.82 Å². The second-order valence-corrected chi connectivity index (χ2v) is 6.89. The summed E-state index contributed by atoms with van der Waals surface area (Å²) in [5.41, 5.74) is 0.246. The number of hydrogen-bond acceptors (Lipinski definition) is 2. The molecule has 0 heterocycles. The van der Waals surface area contributed by atoms with Gasteiger partial charge in [-0.15, -0.1) is 0 Å². The Bertz CT molecular complexity index is 549. The van der Waals surface area contributed by atoms with E-state index in [1.54, 1.807) is 13.0 Å². The fourth-order valence-electron chi connectivity index (χ4n) is 3.39. The Morgan fingerprint density at radius 2 is 1.84 bits per heavy atom. The van der Waals surface area contributed by atoms with Crippen LogP contribution in [0, 0.1) is 17.6 Å². The molecule has 0 N–H and O–H groups in total. The van der Waals surface area contributed by atoms with Crippen LogP contribution < -0.4 is 4.74 Å². The van der Waals surface area contributed by atoms with Gasteiger partial charge in [0.25, 0.3) is 0 Å². The molecule has 0 radical (unpaired) electrons. The molecule has 25 heavy (non-hydrogen) atoms. The largest absolute Gasteiger partial charge is 0.462 e. The minimum Gasteiger partial charge on any atom is -0.462 e. The minimum atomic E-state index is -0.959. The van der Waals surface area contributed by atoms with Crippen LogP contribution in [0.1, 0.15) is 70.8 Å². The average molecular weight is 352 g/mol. The number of halogens is 2. The summed E-state index contributed by atoms with van der Waals surface area (Å²) in [6.45, 7) is 4.08. The molecular formula is C21H30F2O2. The first-order chi connectivity index (χ1) is 12.2. The molecule has 1 aromatic carbocycles. The number of allylic oxidation sites excluding steroid dienone is 1. The van der Waals surface area contributed by atoms with Crippen LogP contribution >= 0.6 is 0 Å². The molecule has 1 aromatic rings. The molecule has 4 heteroatoms. The molecule has 2 nitrogen and oxygen atoms in total. The Balaban J connectivity index is 1.79. The zero-order valence-corrected chi connectivity index (χ0v) is 15.4. The van der Waals surface area contributed by atoms with Crippen LogP contribution in [-0.4, -0.2) is 6.10 Å². The Kier molecular flexibility index (Phi) is 8.39. The van der Waals surface area contributed by atoms with Gasteiger partial charge < -0.3 is 9.47 Å². The van der Waals surface area contributed by atoms with Crippen molar-refractivity contribution in [3.8, 4) is 5.75 Å². The van der Waals surface area contributed by atoms with E-state index in [2.05, 4.69) is 6.92 Å². The van der Waals surface area contributed by atoms with E-state index in [0.29, 0.717) is 0 Å². The monoisotopic (exact) mass is 352 g/mol. The first-order valence-electron chi connectivity index (χ1n) is 9.52. The van der Waals surface area contributed by atoms with Crippen LogP contribution in [0.3, 0.4) is 0 Å². The van der Waals surface area contributed by atoms with Crippen molar-refractivity contribution in [2.24, 2.45) is 5.92 Å². The third-order valence-corrected chi connectivity index (χ3v) is 4.94. The zero-order valence-electron chi connectivity index (χ0n) is 15.4. The van der Waals surface area contributed by atoms with Gasteiger partial charge in [-0.2, -0.15) is 4.39 Å². The SMILES string of the molecule is C/C=C/Oc1ccc(COC2CCC(CCCCC)CC2)c(F)c1F. The molecule has 0 unspecified atom stereocenters. The highest BCUT2D eigenvalue weighted by molar-refractivity contribution is 5.31. The predicted octanol–water partition coefficient (Wildman–Crippen LogP) is 6.53. The molecule has 0 saturated heterocycles. The molecule has 1 saturated carbocycles. The van der Waals surface area contributed by atoms with Crippen molar-refractivity contribution < 1.29 is 18.3 Å². The minimum absolute atomic E-state index is 0.105. The summed E-state index contributed by atoms with van der Waals surface area (Å²) >= 11 is 0. The van der Waals surface area contributed by atoms with E-state index in [0.717, 1.165) is 18.8 Å². The highest BCUT2D eigenvalue weighted by atomic mass is 19.2. The maximum atomic E-state index is 14.1. The van der Waals surface area contributed by atoms with E-state index in [9.17, 15) is 8.78 Å². The van der Waals surface area contributed by atoms with Crippen molar-refractivity contribution in [3.05, 3.63) is 41.7 Å². The van der Waals surface area contributed by atoms with Crippen molar-refractivity contribution in [1.29, 1.82) is 0 Å². The summed E-state index contributed by atoms with van der Waals surface area (Å²) in [6.07, 6.45) is 12.7. The second kappa shape index (κ2) is 10.5. The Morgan fingerprint density at radius 3 is 2.52 bits per heavy atom. The first kappa shape index (κ1) is 19.9. The summed E-state index contributed by atoms with van der Waals surface area (Å²) < 4.78 is 39.0. The smallest absolute Gasteiger partial charge is 0.201 e. The van der Waals surface area contributed by atoms with Gasteiger partial charge in [-0.1, -0.05) is 38.7 Å². The molecule has 2 rings (SSSR count). The van der Waals surface area contributed by atoms with Crippen molar-refractivity contribution in [3.63, 3.8) is 0 Å². The first-order valence-corrected chi connectivity index (χ1v) is 9.52. The van der Waals surface area contributed by atoms with Crippen LogP contribution in [0.15, 0.2) is 24.5 Å². The molecule has 0 spiro atoms.